The molecule has 1 heterocycles. The van der Waals surface area contributed by atoms with Gasteiger partial charge in [-0.05, 0) is 60.2 Å². The highest BCUT2D eigenvalue weighted by molar-refractivity contribution is 6.11. The molecule has 1 N–H and O–H groups in total. The molecule has 1 amide bonds. The summed E-state index contributed by atoms with van der Waals surface area (Å²) in [5.74, 6) is -0.155. The monoisotopic (exact) mass is 492 g/mol. The van der Waals surface area contributed by atoms with Crippen LogP contribution < -0.4 is 15.0 Å². The maximum atomic E-state index is 13.3. The van der Waals surface area contributed by atoms with Gasteiger partial charge in [0.25, 0.3) is 5.91 Å². The van der Waals surface area contributed by atoms with Gasteiger partial charge in [0.05, 0.1) is 24.3 Å². The van der Waals surface area contributed by atoms with Crippen LogP contribution in [0.3, 0.4) is 0 Å². The van der Waals surface area contributed by atoms with Crippen LogP contribution in [0, 0.1) is 0 Å². The van der Waals surface area contributed by atoms with Crippen molar-refractivity contribution in [2.45, 2.75) is 18.4 Å². The van der Waals surface area contributed by atoms with Gasteiger partial charge in [0.15, 0.2) is 0 Å². The minimum absolute atomic E-state index is 0.0114. The molecule has 10 heteroatoms. The second-order valence-electron chi connectivity index (χ2n) is 7.73. The lowest BCUT2D eigenvalue weighted by Gasteiger charge is -2.26. The molecule has 1 atom stereocenters. The molecule has 1 aliphatic rings. The van der Waals surface area contributed by atoms with Gasteiger partial charge in [0, 0.05) is 11.4 Å². The summed E-state index contributed by atoms with van der Waals surface area (Å²) in [4.78, 5) is 14.5. The summed E-state index contributed by atoms with van der Waals surface area (Å²) >= 11 is 0. The summed E-state index contributed by atoms with van der Waals surface area (Å²) in [6.45, 7) is 0. The lowest BCUT2D eigenvalue weighted by atomic mass is 10.1. The Balaban J connectivity index is 1.74. The third kappa shape index (κ3) is 5.11. The average Bonchev–Trinajstić information content (AvgIpc) is 3.14. The maximum Gasteiger partial charge on any atom is 0.416 e. The molecule has 0 spiro atoms. The molecule has 0 radical (unpaired) electrons. The van der Waals surface area contributed by atoms with E-state index in [2.05, 4.69) is 5.32 Å². The molecule has 0 saturated heterocycles. The number of ether oxygens (including phenoxy) is 1. The number of rotatable bonds is 5. The summed E-state index contributed by atoms with van der Waals surface area (Å²) < 4.78 is 84.4. The second-order valence-corrected chi connectivity index (χ2v) is 7.73. The van der Waals surface area contributed by atoms with E-state index in [1.54, 1.807) is 24.3 Å². The molecule has 35 heavy (non-hydrogen) atoms. The van der Waals surface area contributed by atoms with E-state index in [9.17, 15) is 31.1 Å². The van der Waals surface area contributed by atoms with E-state index in [1.165, 1.54) is 37.5 Å². The molecule has 1 unspecified atom stereocenters. The first-order valence-electron chi connectivity index (χ1n) is 10.3. The van der Waals surface area contributed by atoms with Gasteiger partial charge in [-0.3, -0.25) is 9.69 Å². The fourth-order valence-corrected chi connectivity index (χ4v) is 3.74. The summed E-state index contributed by atoms with van der Waals surface area (Å²) in [6.07, 6.45) is -7.74. The van der Waals surface area contributed by atoms with Crippen molar-refractivity contribution < 1.29 is 35.9 Å². The molecule has 0 bridgehead atoms. The maximum absolute atomic E-state index is 13.3. The van der Waals surface area contributed by atoms with Crippen molar-refractivity contribution in [3.63, 3.8) is 0 Å². The average molecular weight is 492 g/mol. The quantitative estimate of drug-likeness (QED) is 0.398. The molecular formula is C25H18F6N2O2. The molecule has 4 rings (SSSR count). The van der Waals surface area contributed by atoms with E-state index in [-0.39, 0.29) is 17.1 Å². The molecule has 182 valence electrons. The zero-order valence-electron chi connectivity index (χ0n) is 18.1. The van der Waals surface area contributed by atoms with E-state index in [4.69, 9.17) is 4.74 Å². The Hall–Kier alpha value is -3.95. The Morgan fingerprint density at radius 2 is 1.43 bits per heavy atom. The molecular weight excluding hydrogens is 474 g/mol. The number of nitrogens with one attached hydrogen (secondary N) is 1. The van der Waals surface area contributed by atoms with Crippen molar-refractivity contribution in [3.8, 4) is 5.75 Å². The van der Waals surface area contributed by atoms with E-state index in [0.29, 0.717) is 11.3 Å². The number of benzene rings is 3. The van der Waals surface area contributed by atoms with E-state index >= 15 is 0 Å². The largest absolute Gasteiger partial charge is 0.497 e. The molecule has 1 aliphatic heterocycles. The second kappa shape index (κ2) is 9.01. The highest BCUT2D eigenvalue weighted by Gasteiger charge is 2.37. The standard InChI is InChI=1S/C25H18F6N2O2/c1-35-20-10-8-15(9-11-20)22-14-21(32-18-6-2-4-16(12-18)24(26,27)28)23(34)33(22)19-7-3-5-17(13-19)25(29,30)31/h2-14,22,32H,1H3. The van der Waals surface area contributed by atoms with Gasteiger partial charge < -0.3 is 10.1 Å². The number of methoxy groups -OCH3 is 1. The fourth-order valence-electron chi connectivity index (χ4n) is 3.74. The molecule has 0 fully saturated rings. The molecule has 3 aromatic rings. The summed E-state index contributed by atoms with van der Waals surface area (Å²) in [7, 11) is 1.47. The smallest absolute Gasteiger partial charge is 0.416 e. The number of anilines is 2. The van der Waals surface area contributed by atoms with Gasteiger partial charge in [-0.1, -0.05) is 24.3 Å². The first kappa shape index (κ1) is 24.2. The lowest BCUT2D eigenvalue weighted by molar-refractivity contribution is -0.138. The normalized spacial score (nSPS) is 16.3. The summed E-state index contributed by atoms with van der Waals surface area (Å²) in [5, 5.41) is 2.69. The predicted molar refractivity (Wildman–Crippen MR) is 118 cm³/mol. The number of alkyl halides is 6. The van der Waals surface area contributed by atoms with Crippen LogP contribution >= 0.6 is 0 Å². The van der Waals surface area contributed by atoms with Crippen LogP contribution in [0.1, 0.15) is 22.7 Å². The topological polar surface area (TPSA) is 41.6 Å². The van der Waals surface area contributed by atoms with Crippen molar-refractivity contribution in [2.24, 2.45) is 0 Å². The Labute approximate surface area is 196 Å². The zero-order valence-corrected chi connectivity index (χ0v) is 18.1. The Morgan fingerprint density at radius 1 is 0.829 bits per heavy atom. The Morgan fingerprint density at radius 3 is 2.03 bits per heavy atom. The predicted octanol–water partition coefficient (Wildman–Crippen LogP) is 6.82. The van der Waals surface area contributed by atoms with Crippen LogP contribution in [0.2, 0.25) is 0 Å². The first-order valence-corrected chi connectivity index (χ1v) is 10.3. The molecule has 3 aromatic carbocycles. The first-order chi connectivity index (χ1) is 16.5. The third-order valence-electron chi connectivity index (χ3n) is 5.43. The van der Waals surface area contributed by atoms with Crippen LogP contribution in [-0.2, 0) is 17.1 Å². The third-order valence-corrected chi connectivity index (χ3v) is 5.43. The minimum atomic E-state index is -4.62. The Bertz CT molecular complexity index is 1270. The highest BCUT2D eigenvalue weighted by atomic mass is 19.4. The van der Waals surface area contributed by atoms with Gasteiger partial charge >= 0.3 is 12.4 Å². The van der Waals surface area contributed by atoms with Gasteiger partial charge in [0.1, 0.15) is 11.4 Å². The number of nitrogens with zero attached hydrogens (tertiary/aromatic N) is 1. The Kier molecular flexibility index (Phi) is 6.23. The number of hydrogen-bond donors (Lipinski definition) is 1. The zero-order chi connectivity index (χ0) is 25.4. The van der Waals surface area contributed by atoms with Gasteiger partial charge in [-0.2, -0.15) is 26.3 Å². The number of amides is 1. The van der Waals surface area contributed by atoms with Crippen molar-refractivity contribution in [2.75, 3.05) is 17.3 Å². The lowest BCUT2D eigenvalue weighted by Crippen LogP contribution is -2.31. The SMILES string of the molecule is COc1ccc(C2C=C(Nc3cccc(C(F)(F)F)c3)C(=O)N2c2cccc(C(F)(F)F)c2)cc1. The number of halogens is 6. The summed E-state index contributed by atoms with van der Waals surface area (Å²) in [6, 6.07) is 14.4. The van der Waals surface area contributed by atoms with Crippen molar-refractivity contribution in [3.05, 3.63) is 101 Å². The number of carbonyl (C=O) groups excluding carboxylic acids is 1. The molecule has 0 aliphatic carbocycles. The molecule has 0 saturated carbocycles. The van der Waals surface area contributed by atoms with Crippen molar-refractivity contribution >= 4 is 17.3 Å². The highest BCUT2D eigenvalue weighted by Crippen LogP contribution is 2.39. The molecule has 4 nitrogen and oxygen atoms in total. The minimum Gasteiger partial charge on any atom is -0.497 e. The van der Waals surface area contributed by atoms with Crippen LogP contribution in [0.25, 0.3) is 0 Å². The fraction of sp³-hybridized carbons (Fsp3) is 0.160. The van der Waals surface area contributed by atoms with Gasteiger partial charge in [-0.15, -0.1) is 0 Å². The van der Waals surface area contributed by atoms with E-state index in [1.807, 2.05) is 0 Å². The number of carbonyl (C=O) groups is 1. The van der Waals surface area contributed by atoms with E-state index in [0.717, 1.165) is 29.2 Å². The van der Waals surface area contributed by atoms with Crippen molar-refractivity contribution in [1.82, 2.24) is 0 Å². The summed E-state index contributed by atoms with van der Waals surface area (Å²) in [5.41, 5.74) is -1.34. The molecule has 0 aromatic heterocycles. The van der Waals surface area contributed by atoms with E-state index < -0.39 is 35.4 Å². The van der Waals surface area contributed by atoms with Crippen LogP contribution in [0.5, 0.6) is 5.75 Å². The van der Waals surface area contributed by atoms with Crippen molar-refractivity contribution in [1.29, 1.82) is 0 Å². The van der Waals surface area contributed by atoms with Gasteiger partial charge in [-0.25, -0.2) is 0 Å². The van der Waals surface area contributed by atoms with Crippen LogP contribution in [0.15, 0.2) is 84.6 Å². The van der Waals surface area contributed by atoms with Crippen LogP contribution in [0.4, 0.5) is 37.7 Å². The number of hydrogen-bond acceptors (Lipinski definition) is 3. The van der Waals surface area contributed by atoms with Gasteiger partial charge in [0.2, 0.25) is 0 Å². The van der Waals surface area contributed by atoms with Crippen LogP contribution in [-0.4, -0.2) is 13.0 Å².